The number of aromatic nitrogens is 1. The van der Waals surface area contributed by atoms with Gasteiger partial charge in [-0.15, -0.1) is 0 Å². The number of aromatic carboxylic acids is 1. The van der Waals surface area contributed by atoms with Crippen LogP contribution in [0.1, 0.15) is 29.6 Å². The number of carboxylic acid groups (broad SMARTS) is 1. The largest absolute Gasteiger partial charge is 0.477 e. The second-order valence-corrected chi connectivity index (χ2v) is 4.95. The van der Waals surface area contributed by atoms with E-state index in [0.29, 0.717) is 19.0 Å². The van der Waals surface area contributed by atoms with Crippen molar-refractivity contribution in [3.8, 4) is 0 Å². The molecule has 0 spiro atoms. The highest BCUT2D eigenvalue weighted by Gasteiger charge is 2.21. The maximum Gasteiger partial charge on any atom is 0.342 e. The predicted molar refractivity (Wildman–Crippen MR) is 74.5 cm³/mol. The smallest absolute Gasteiger partial charge is 0.342 e. The summed E-state index contributed by atoms with van der Waals surface area (Å²) in [5, 5.41) is 22.6. The van der Waals surface area contributed by atoms with E-state index in [9.17, 15) is 14.9 Å². The van der Waals surface area contributed by atoms with E-state index >= 15 is 0 Å². The fraction of sp³-hybridized carbons (Fsp3) is 0.538. The summed E-state index contributed by atoms with van der Waals surface area (Å²) in [6.07, 6.45) is 4.22. The number of carbonyl (C=O) groups is 1. The van der Waals surface area contributed by atoms with Gasteiger partial charge >= 0.3 is 11.7 Å². The van der Waals surface area contributed by atoms with Crippen molar-refractivity contribution in [3.63, 3.8) is 0 Å². The first-order valence-corrected chi connectivity index (χ1v) is 6.77. The minimum Gasteiger partial charge on any atom is -0.477 e. The molecule has 8 heteroatoms. The van der Waals surface area contributed by atoms with Crippen molar-refractivity contribution in [1.82, 2.24) is 4.98 Å². The molecule has 1 aromatic rings. The SMILES string of the molecule is O=C(O)c1cc(NCCCOCC2CC2)ncc1[N+](=O)[O-]. The van der Waals surface area contributed by atoms with Gasteiger partial charge in [-0.2, -0.15) is 0 Å². The normalized spacial score (nSPS) is 13.9. The van der Waals surface area contributed by atoms with E-state index < -0.39 is 16.6 Å². The minimum absolute atomic E-state index is 0.306. The van der Waals surface area contributed by atoms with Gasteiger partial charge in [-0.05, 0) is 25.2 Å². The number of hydrogen-bond donors (Lipinski definition) is 2. The molecule has 0 amide bonds. The van der Waals surface area contributed by atoms with Crippen LogP contribution in [0.3, 0.4) is 0 Å². The Bertz CT molecular complexity index is 531. The molecule has 1 fully saturated rings. The number of nitrogens with one attached hydrogen (secondary N) is 1. The van der Waals surface area contributed by atoms with Gasteiger partial charge in [0.25, 0.3) is 0 Å². The van der Waals surface area contributed by atoms with Crippen molar-refractivity contribution >= 4 is 17.5 Å². The van der Waals surface area contributed by atoms with Gasteiger partial charge in [0, 0.05) is 25.8 Å². The number of anilines is 1. The number of ether oxygens (including phenoxy) is 1. The van der Waals surface area contributed by atoms with Gasteiger partial charge in [0.15, 0.2) is 0 Å². The fourth-order valence-electron chi connectivity index (χ4n) is 1.79. The molecule has 0 aromatic carbocycles. The molecule has 0 bridgehead atoms. The van der Waals surface area contributed by atoms with Crippen LogP contribution in [-0.4, -0.2) is 40.7 Å². The lowest BCUT2D eigenvalue weighted by Gasteiger charge is -2.07. The molecule has 8 nitrogen and oxygen atoms in total. The molecular formula is C13H17N3O5. The summed E-state index contributed by atoms with van der Waals surface area (Å²) >= 11 is 0. The molecule has 1 aliphatic rings. The second-order valence-electron chi connectivity index (χ2n) is 4.95. The van der Waals surface area contributed by atoms with Crippen molar-refractivity contribution in [3.05, 3.63) is 27.9 Å². The Hall–Kier alpha value is -2.22. The Balaban J connectivity index is 1.80. The number of nitro groups is 1. The van der Waals surface area contributed by atoms with E-state index in [4.69, 9.17) is 9.84 Å². The van der Waals surface area contributed by atoms with Gasteiger partial charge in [-0.25, -0.2) is 9.78 Å². The number of rotatable bonds is 9. The van der Waals surface area contributed by atoms with Crippen molar-refractivity contribution in [2.45, 2.75) is 19.3 Å². The van der Waals surface area contributed by atoms with Crippen LogP contribution in [0.2, 0.25) is 0 Å². The van der Waals surface area contributed by atoms with Crippen molar-refractivity contribution in [2.24, 2.45) is 5.92 Å². The van der Waals surface area contributed by atoms with Gasteiger partial charge in [0.05, 0.1) is 4.92 Å². The zero-order valence-electron chi connectivity index (χ0n) is 11.4. The number of nitrogens with zero attached hydrogens (tertiary/aromatic N) is 2. The second kappa shape index (κ2) is 6.98. The molecule has 2 N–H and O–H groups in total. The van der Waals surface area contributed by atoms with E-state index in [1.165, 1.54) is 18.9 Å². The lowest BCUT2D eigenvalue weighted by atomic mass is 10.2. The average molecular weight is 295 g/mol. The third-order valence-electron chi connectivity index (χ3n) is 3.13. The molecule has 0 atom stereocenters. The summed E-state index contributed by atoms with van der Waals surface area (Å²) in [6, 6.07) is 1.17. The first kappa shape index (κ1) is 15.2. The van der Waals surface area contributed by atoms with Gasteiger partial charge in [-0.3, -0.25) is 10.1 Å². The van der Waals surface area contributed by atoms with Crippen molar-refractivity contribution in [1.29, 1.82) is 0 Å². The zero-order valence-corrected chi connectivity index (χ0v) is 11.4. The molecule has 1 aliphatic carbocycles. The van der Waals surface area contributed by atoms with Gasteiger partial charge in [0.1, 0.15) is 17.6 Å². The molecule has 1 saturated carbocycles. The highest BCUT2D eigenvalue weighted by atomic mass is 16.6. The van der Waals surface area contributed by atoms with E-state index in [1.54, 1.807) is 0 Å². The Morgan fingerprint density at radius 3 is 2.95 bits per heavy atom. The molecule has 114 valence electrons. The molecule has 2 rings (SSSR count). The number of pyridine rings is 1. The van der Waals surface area contributed by atoms with Crippen LogP contribution >= 0.6 is 0 Å². The fourth-order valence-corrected chi connectivity index (χ4v) is 1.79. The molecule has 0 radical (unpaired) electrons. The molecule has 0 unspecified atom stereocenters. The Labute approximate surface area is 121 Å². The van der Waals surface area contributed by atoms with E-state index in [1.807, 2.05) is 0 Å². The molecule has 0 saturated heterocycles. The first-order valence-electron chi connectivity index (χ1n) is 6.77. The average Bonchev–Trinajstić information content (AvgIpc) is 3.26. The lowest BCUT2D eigenvalue weighted by Crippen LogP contribution is -2.10. The maximum atomic E-state index is 11.0. The summed E-state index contributed by atoms with van der Waals surface area (Å²) in [7, 11) is 0. The Kier molecular flexibility index (Phi) is 5.04. The van der Waals surface area contributed by atoms with Crippen LogP contribution in [0.25, 0.3) is 0 Å². The summed E-state index contributed by atoms with van der Waals surface area (Å²) in [4.78, 5) is 24.8. The van der Waals surface area contributed by atoms with Crippen molar-refractivity contribution in [2.75, 3.05) is 25.1 Å². The van der Waals surface area contributed by atoms with Gasteiger partial charge in [0.2, 0.25) is 0 Å². The van der Waals surface area contributed by atoms with Crippen LogP contribution in [0.15, 0.2) is 12.3 Å². The first-order chi connectivity index (χ1) is 10.1. The van der Waals surface area contributed by atoms with Crippen LogP contribution in [0, 0.1) is 16.0 Å². The number of hydrogen-bond acceptors (Lipinski definition) is 6. The highest BCUT2D eigenvalue weighted by molar-refractivity contribution is 5.93. The Morgan fingerprint density at radius 1 is 1.57 bits per heavy atom. The molecule has 21 heavy (non-hydrogen) atoms. The van der Waals surface area contributed by atoms with Gasteiger partial charge < -0.3 is 15.2 Å². The van der Waals surface area contributed by atoms with Gasteiger partial charge in [-0.1, -0.05) is 0 Å². The predicted octanol–water partition coefficient (Wildman–Crippen LogP) is 1.92. The van der Waals surface area contributed by atoms with Crippen LogP contribution < -0.4 is 5.32 Å². The standard InChI is InChI=1S/C13H17N3O5/c17-13(18)10-6-12(15-7-11(10)16(19)20)14-4-1-5-21-8-9-2-3-9/h6-7,9H,1-5,8H2,(H,14,15)(H,17,18). The maximum absolute atomic E-state index is 11.0. The topological polar surface area (TPSA) is 115 Å². The molecule has 0 aliphatic heterocycles. The minimum atomic E-state index is -1.35. The van der Waals surface area contributed by atoms with Crippen LogP contribution in [0.5, 0.6) is 0 Å². The van der Waals surface area contributed by atoms with E-state index in [-0.39, 0.29) is 5.56 Å². The number of carboxylic acids is 1. The third-order valence-corrected chi connectivity index (χ3v) is 3.13. The summed E-state index contributed by atoms with van der Waals surface area (Å²) in [6.45, 7) is 2.00. The molecule has 1 heterocycles. The molecular weight excluding hydrogens is 278 g/mol. The molecule has 1 aromatic heterocycles. The van der Waals surface area contributed by atoms with Crippen LogP contribution in [-0.2, 0) is 4.74 Å². The third kappa shape index (κ3) is 4.67. The highest BCUT2D eigenvalue weighted by Crippen LogP contribution is 2.28. The summed E-state index contributed by atoms with van der Waals surface area (Å²) in [5.41, 5.74) is -0.886. The monoisotopic (exact) mass is 295 g/mol. The summed E-state index contributed by atoms with van der Waals surface area (Å²) < 4.78 is 5.46. The Morgan fingerprint density at radius 2 is 2.33 bits per heavy atom. The summed E-state index contributed by atoms with van der Waals surface area (Å²) in [5.74, 6) is -0.312. The van der Waals surface area contributed by atoms with E-state index in [2.05, 4.69) is 10.3 Å². The lowest BCUT2D eigenvalue weighted by molar-refractivity contribution is -0.385. The van der Waals surface area contributed by atoms with E-state index in [0.717, 1.165) is 25.1 Å². The van der Waals surface area contributed by atoms with Crippen molar-refractivity contribution < 1.29 is 19.6 Å². The van der Waals surface area contributed by atoms with Crippen LogP contribution in [0.4, 0.5) is 11.5 Å². The quantitative estimate of drug-likeness (QED) is 0.406. The zero-order chi connectivity index (χ0) is 15.2.